The first-order valence-corrected chi connectivity index (χ1v) is 10.6. The summed E-state index contributed by atoms with van der Waals surface area (Å²) in [7, 11) is -3.99. The number of ether oxygens (including phenoxy) is 1. The molecule has 1 fully saturated rings. The fraction of sp³-hybridized carbons (Fsp3) is 0.471. The molecule has 1 amide bonds. The third-order valence-corrected chi connectivity index (χ3v) is 5.92. The van der Waals surface area contributed by atoms with Gasteiger partial charge in [0.15, 0.2) is 6.61 Å². The molecule has 2 aromatic rings. The summed E-state index contributed by atoms with van der Waals surface area (Å²) in [5.41, 5.74) is 0. The van der Waals surface area contributed by atoms with Crippen molar-refractivity contribution in [2.75, 3.05) is 18.8 Å². The van der Waals surface area contributed by atoms with Gasteiger partial charge >= 0.3 is 5.22 Å². The minimum absolute atomic E-state index is 0.00257. The first-order valence-electron chi connectivity index (χ1n) is 8.55. The molecule has 1 saturated heterocycles. The predicted molar refractivity (Wildman–Crippen MR) is 97.1 cm³/mol. The monoisotopic (exact) mass is 413 g/mol. The Morgan fingerprint density at radius 2 is 1.93 bits per heavy atom. The Balaban J connectivity index is 1.58. The normalized spacial score (nSPS) is 15.7. The van der Waals surface area contributed by atoms with E-state index in [9.17, 15) is 13.2 Å². The van der Waals surface area contributed by atoms with Gasteiger partial charge in [0.25, 0.3) is 5.89 Å². The Labute approximate surface area is 162 Å². The van der Waals surface area contributed by atoms with Crippen LogP contribution in [0.1, 0.15) is 25.7 Å². The summed E-state index contributed by atoms with van der Waals surface area (Å²) in [4.78, 5) is 13.8. The Morgan fingerprint density at radius 3 is 2.59 bits per heavy atom. The number of amides is 1. The molecule has 1 aliphatic rings. The highest BCUT2D eigenvalue weighted by Gasteiger charge is 2.30. The SMILES string of the molecule is CC1CCN(C(=O)CS(=O)(=O)c2nnc(COc3ccc(Cl)cc3)o2)CC1. The van der Waals surface area contributed by atoms with Gasteiger partial charge in [0, 0.05) is 18.1 Å². The van der Waals surface area contributed by atoms with Gasteiger partial charge in [0.1, 0.15) is 11.5 Å². The lowest BCUT2D eigenvalue weighted by atomic mass is 9.99. The lowest BCUT2D eigenvalue weighted by molar-refractivity contribution is -0.129. The maximum Gasteiger partial charge on any atom is 0.336 e. The standard InChI is InChI=1S/C17H20ClN3O5S/c1-12-6-8-21(9-7-12)16(22)11-27(23,24)17-20-19-15(26-17)10-25-14-4-2-13(18)3-5-14/h2-5,12H,6-11H2,1H3. The molecule has 0 unspecified atom stereocenters. The van der Waals surface area contributed by atoms with Gasteiger partial charge in [0.05, 0.1) is 0 Å². The predicted octanol–water partition coefficient (Wildman–Crippen LogP) is 2.33. The molecular formula is C17H20ClN3O5S. The third kappa shape index (κ3) is 5.20. The molecule has 3 rings (SSSR count). The van der Waals surface area contributed by atoms with Crippen LogP contribution in [-0.2, 0) is 21.2 Å². The Morgan fingerprint density at radius 1 is 1.26 bits per heavy atom. The molecular weight excluding hydrogens is 394 g/mol. The molecule has 2 heterocycles. The van der Waals surface area contributed by atoms with Crippen LogP contribution < -0.4 is 4.74 Å². The van der Waals surface area contributed by atoms with Crippen LogP contribution in [0.15, 0.2) is 33.9 Å². The van der Waals surface area contributed by atoms with Crippen molar-refractivity contribution in [1.29, 1.82) is 0 Å². The molecule has 0 bridgehead atoms. The average Bonchev–Trinajstić information content (AvgIpc) is 3.11. The zero-order chi connectivity index (χ0) is 19.4. The number of nitrogens with zero attached hydrogens (tertiary/aromatic N) is 3. The molecule has 0 saturated carbocycles. The van der Waals surface area contributed by atoms with Gasteiger partial charge in [-0.05, 0) is 43.0 Å². The number of halogens is 1. The topological polar surface area (TPSA) is 103 Å². The van der Waals surface area contributed by atoms with Gasteiger partial charge in [-0.3, -0.25) is 4.79 Å². The van der Waals surface area contributed by atoms with Crippen molar-refractivity contribution in [2.24, 2.45) is 5.92 Å². The highest BCUT2D eigenvalue weighted by atomic mass is 35.5. The maximum atomic E-state index is 12.4. The summed E-state index contributed by atoms with van der Waals surface area (Å²) in [6, 6.07) is 6.64. The van der Waals surface area contributed by atoms with Gasteiger partial charge < -0.3 is 14.1 Å². The summed E-state index contributed by atoms with van der Waals surface area (Å²) in [5.74, 6) is -0.0516. The lowest BCUT2D eigenvalue weighted by Crippen LogP contribution is -2.41. The number of hydrogen-bond donors (Lipinski definition) is 0. The molecule has 8 nitrogen and oxygen atoms in total. The first kappa shape index (κ1) is 19.6. The zero-order valence-electron chi connectivity index (χ0n) is 14.8. The molecule has 146 valence electrons. The second kappa shape index (κ2) is 8.26. The van der Waals surface area contributed by atoms with Crippen LogP contribution >= 0.6 is 11.6 Å². The quantitative estimate of drug-likeness (QED) is 0.715. The number of sulfone groups is 1. The number of rotatable bonds is 6. The van der Waals surface area contributed by atoms with E-state index in [0.717, 1.165) is 12.8 Å². The van der Waals surface area contributed by atoms with Crippen LogP contribution in [0, 0.1) is 5.92 Å². The molecule has 1 aliphatic heterocycles. The summed E-state index contributed by atoms with van der Waals surface area (Å²) < 4.78 is 35.4. The van der Waals surface area contributed by atoms with Crippen molar-refractivity contribution in [3.63, 3.8) is 0 Å². The van der Waals surface area contributed by atoms with Crippen molar-refractivity contribution in [3.8, 4) is 5.75 Å². The fourth-order valence-electron chi connectivity index (χ4n) is 2.67. The molecule has 1 aromatic carbocycles. The van der Waals surface area contributed by atoms with E-state index >= 15 is 0 Å². The second-order valence-corrected chi connectivity index (χ2v) is 8.83. The largest absolute Gasteiger partial charge is 0.484 e. The van der Waals surface area contributed by atoms with Gasteiger partial charge in [-0.2, -0.15) is 0 Å². The van der Waals surface area contributed by atoms with Crippen LogP contribution in [0.4, 0.5) is 0 Å². The highest BCUT2D eigenvalue weighted by Crippen LogP contribution is 2.19. The van der Waals surface area contributed by atoms with Crippen LogP contribution in [0.5, 0.6) is 5.75 Å². The molecule has 0 spiro atoms. The van der Waals surface area contributed by atoms with Crippen molar-refractivity contribution < 1.29 is 22.4 Å². The smallest absolute Gasteiger partial charge is 0.336 e. The summed E-state index contributed by atoms with van der Waals surface area (Å²) >= 11 is 5.79. The van der Waals surface area contributed by atoms with Crippen LogP contribution in [0.25, 0.3) is 0 Å². The molecule has 0 radical (unpaired) electrons. The van der Waals surface area contributed by atoms with E-state index in [1.807, 2.05) is 0 Å². The minimum Gasteiger partial charge on any atom is -0.484 e. The van der Waals surface area contributed by atoms with Crippen molar-refractivity contribution >= 4 is 27.3 Å². The number of carbonyl (C=O) groups is 1. The Hall–Kier alpha value is -2.13. The van der Waals surface area contributed by atoms with E-state index in [2.05, 4.69) is 17.1 Å². The Bertz CT molecular complexity index is 890. The first-order chi connectivity index (χ1) is 12.8. The number of hydrogen-bond acceptors (Lipinski definition) is 7. The number of aromatic nitrogens is 2. The molecule has 1 aromatic heterocycles. The molecule has 27 heavy (non-hydrogen) atoms. The van der Waals surface area contributed by atoms with Crippen molar-refractivity contribution in [1.82, 2.24) is 15.1 Å². The third-order valence-electron chi connectivity index (χ3n) is 4.34. The zero-order valence-corrected chi connectivity index (χ0v) is 16.4. The van der Waals surface area contributed by atoms with Gasteiger partial charge in [-0.25, -0.2) is 8.42 Å². The number of piperidine rings is 1. The summed E-state index contributed by atoms with van der Waals surface area (Å²) in [6.45, 7) is 3.16. The number of carbonyl (C=O) groups excluding carboxylic acids is 1. The van der Waals surface area contributed by atoms with Crippen LogP contribution in [-0.4, -0.2) is 48.3 Å². The number of likely N-dealkylation sites (tertiary alicyclic amines) is 1. The van der Waals surface area contributed by atoms with E-state index in [0.29, 0.717) is 29.8 Å². The van der Waals surface area contributed by atoms with Crippen LogP contribution in [0.3, 0.4) is 0 Å². The molecule has 0 aliphatic carbocycles. The lowest BCUT2D eigenvalue weighted by Gasteiger charge is -2.30. The molecule has 10 heteroatoms. The fourth-order valence-corrected chi connectivity index (χ4v) is 3.82. The van der Waals surface area contributed by atoms with E-state index in [1.54, 1.807) is 29.2 Å². The van der Waals surface area contributed by atoms with Gasteiger partial charge in [-0.1, -0.05) is 23.6 Å². The van der Waals surface area contributed by atoms with Crippen molar-refractivity contribution in [2.45, 2.75) is 31.6 Å². The van der Waals surface area contributed by atoms with E-state index < -0.39 is 26.7 Å². The van der Waals surface area contributed by atoms with E-state index in [4.69, 9.17) is 20.8 Å². The molecule has 0 N–H and O–H groups in total. The van der Waals surface area contributed by atoms with Gasteiger partial charge in [-0.15, -0.1) is 5.10 Å². The van der Waals surface area contributed by atoms with E-state index in [1.165, 1.54) is 0 Å². The number of benzene rings is 1. The van der Waals surface area contributed by atoms with Crippen molar-refractivity contribution in [3.05, 3.63) is 35.2 Å². The van der Waals surface area contributed by atoms with Gasteiger partial charge in [0.2, 0.25) is 15.7 Å². The summed E-state index contributed by atoms with van der Waals surface area (Å²) in [6.07, 6.45) is 1.75. The van der Waals surface area contributed by atoms with E-state index in [-0.39, 0.29) is 12.5 Å². The molecule has 0 atom stereocenters. The summed E-state index contributed by atoms with van der Waals surface area (Å²) in [5, 5.41) is 7.22. The Kier molecular flexibility index (Phi) is 6.01. The van der Waals surface area contributed by atoms with Crippen LogP contribution in [0.2, 0.25) is 5.02 Å². The minimum atomic E-state index is -3.99. The second-order valence-electron chi connectivity index (χ2n) is 6.53. The highest BCUT2D eigenvalue weighted by molar-refractivity contribution is 7.91. The average molecular weight is 414 g/mol. The maximum absolute atomic E-state index is 12.4.